The molecular formula is C16H18N2O. The van der Waals surface area contributed by atoms with Crippen molar-refractivity contribution < 1.29 is 4.79 Å². The lowest BCUT2D eigenvalue weighted by Crippen LogP contribution is -2.15. The third-order valence-electron chi connectivity index (χ3n) is 3.20. The van der Waals surface area contributed by atoms with E-state index in [9.17, 15) is 4.79 Å². The number of nitrogens with one attached hydrogen (secondary N) is 1. The number of para-hydroxylation sites is 1. The molecule has 0 aromatic heterocycles. The van der Waals surface area contributed by atoms with Gasteiger partial charge < -0.3 is 11.1 Å². The van der Waals surface area contributed by atoms with Gasteiger partial charge in [-0.15, -0.1) is 0 Å². The van der Waals surface area contributed by atoms with Gasteiger partial charge in [0.25, 0.3) is 5.91 Å². The summed E-state index contributed by atoms with van der Waals surface area (Å²) in [5.41, 5.74) is 10.9. The van der Waals surface area contributed by atoms with Crippen molar-refractivity contribution >= 4 is 17.3 Å². The smallest absolute Gasteiger partial charge is 0.257 e. The Morgan fingerprint density at radius 2 is 1.79 bits per heavy atom. The van der Waals surface area contributed by atoms with Crippen LogP contribution in [-0.4, -0.2) is 5.91 Å². The molecule has 0 unspecified atom stereocenters. The Hall–Kier alpha value is -2.29. The van der Waals surface area contributed by atoms with Crippen molar-refractivity contribution in [2.24, 2.45) is 0 Å². The third kappa shape index (κ3) is 2.76. The van der Waals surface area contributed by atoms with Crippen LogP contribution in [0.1, 0.15) is 27.0 Å². The van der Waals surface area contributed by atoms with E-state index in [1.807, 2.05) is 51.1 Å². The molecule has 0 aliphatic carbocycles. The highest BCUT2D eigenvalue weighted by atomic mass is 16.1. The van der Waals surface area contributed by atoms with Gasteiger partial charge in [0.1, 0.15) is 0 Å². The van der Waals surface area contributed by atoms with Crippen LogP contribution in [0.2, 0.25) is 0 Å². The summed E-state index contributed by atoms with van der Waals surface area (Å²) in [7, 11) is 0. The van der Waals surface area contributed by atoms with Crippen molar-refractivity contribution in [1.29, 1.82) is 0 Å². The normalized spacial score (nSPS) is 10.3. The fourth-order valence-electron chi connectivity index (χ4n) is 2.02. The first-order valence-corrected chi connectivity index (χ1v) is 6.22. The Balaban J connectivity index is 2.28. The maximum Gasteiger partial charge on any atom is 0.257 e. The predicted octanol–water partition coefficient (Wildman–Crippen LogP) is 3.45. The topological polar surface area (TPSA) is 55.1 Å². The Bertz CT molecular complexity index is 633. The Kier molecular flexibility index (Phi) is 3.56. The SMILES string of the molecule is Cc1ccc(NC(=O)c2cccc(C)c2N)c(C)c1. The fraction of sp³-hybridized carbons (Fsp3) is 0.188. The van der Waals surface area contributed by atoms with Crippen LogP contribution < -0.4 is 11.1 Å². The molecule has 1 amide bonds. The van der Waals surface area contributed by atoms with Crippen LogP contribution in [0.25, 0.3) is 0 Å². The summed E-state index contributed by atoms with van der Waals surface area (Å²) in [6.45, 7) is 5.89. The molecule has 98 valence electrons. The van der Waals surface area contributed by atoms with E-state index >= 15 is 0 Å². The quantitative estimate of drug-likeness (QED) is 0.806. The summed E-state index contributed by atoms with van der Waals surface area (Å²) >= 11 is 0. The largest absolute Gasteiger partial charge is 0.398 e. The molecule has 0 heterocycles. The number of aryl methyl sites for hydroxylation is 3. The number of benzene rings is 2. The van der Waals surface area contributed by atoms with Crippen LogP contribution in [-0.2, 0) is 0 Å². The fourth-order valence-corrected chi connectivity index (χ4v) is 2.02. The molecule has 3 heteroatoms. The first-order valence-electron chi connectivity index (χ1n) is 6.22. The second-order valence-electron chi connectivity index (χ2n) is 4.81. The van der Waals surface area contributed by atoms with Gasteiger partial charge in [0.05, 0.1) is 5.56 Å². The lowest BCUT2D eigenvalue weighted by atomic mass is 10.1. The van der Waals surface area contributed by atoms with Gasteiger partial charge in [-0.2, -0.15) is 0 Å². The van der Waals surface area contributed by atoms with Gasteiger partial charge in [0.15, 0.2) is 0 Å². The highest BCUT2D eigenvalue weighted by Gasteiger charge is 2.11. The minimum Gasteiger partial charge on any atom is -0.398 e. The van der Waals surface area contributed by atoms with E-state index in [0.717, 1.165) is 16.8 Å². The molecule has 19 heavy (non-hydrogen) atoms. The van der Waals surface area contributed by atoms with Gasteiger partial charge >= 0.3 is 0 Å². The van der Waals surface area contributed by atoms with Crippen LogP contribution in [0, 0.1) is 20.8 Å². The van der Waals surface area contributed by atoms with Crippen LogP contribution >= 0.6 is 0 Å². The van der Waals surface area contributed by atoms with Crippen LogP contribution in [0.3, 0.4) is 0 Å². The molecule has 0 saturated heterocycles. The summed E-state index contributed by atoms with van der Waals surface area (Å²) in [5.74, 6) is -0.173. The second kappa shape index (κ2) is 5.14. The van der Waals surface area contributed by atoms with Gasteiger partial charge in [-0.3, -0.25) is 4.79 Å². The van der Waals surface area contributed by atoms with E-state index in [1.165, 1.54) is 5.56 Å². The van der Waals surface area contributed by atoms with Crippen molar-refractivity contribution in [2.45, 2.75) is 20.8 Å². The molecule has 2 rings (SSSR count). The van der Waals surface area contributed by atoms with Gasteiger partial charge in [-0.1, -0.05) is 29.8 Å². The Morgan fingerprint density at radius 3 is 2.47 bits per heavy atom. The Morgan fingerprint density at radius 1 is 1.05 bits per heavy atom. The molecule has 0 bridgehead atoms. The first kappa shape index (κ1) is 13.1. The molecule has 0 aliphatic heterocycles. The number of anilines is 2. The highest BCUT2D eigenvalue weighted by molar-refractivity contribution is 6.08. The van der Waals surface area contributed by atoms with Crippen LogP contribution in [0.5, 0.6) is 0 Å². The standard InChI is InChI=1S/C16H18N2O/c1-10-7-8-14(12(3)9-10)18-16(19)13-6-4-5-11(2)15(13)17/h4-9H,17H2,1-3H3,(H,18,19). The zero-order valence-electron chi connectivity index (χ0n) is 11.4. The molecule has 0 atom stereocenters. The van der Waals surface area contributed by atoms with E-state index < -0.39 is 0 Å². The van der Waals surface area contributed by atoms with Gasteiger partial charge in [0.2, 0.25) is 0 Å². The summed E-state index contributed by atoms with van der Waals surface area (Å²) in [6, 6.07) is 11.4. The van der Waals surface area contributed by atoms with Gasteiger partial charge in [-0.05, 0) is 44.0 Å². The molecule has 3 N–H and O–H groups in total. The maximum atomic E-state index is 12.2. The first-order chi connectivity index (χ1) is 8.99. The van der Waals surface area contributed by atoms with Gasteiger partial charge in [0, 0.05) is 11.4 Å². The summed E-state index contributed by atoms with van der Waals surface area (Å²) in [5, 5.41) is 2.90. The Labute approximate surface area is 113 Å². The van der Waals surface area contributed by atoms with E-state index in [4.69, 9.17) is 5.73 Å². The number of hydrogen-bond donors (Lipinski definition) is 2. The van der Waals surface area contributed by atoms with Crippen molar-refractivity contribution in [3.63, 3.8) is 0 Å². The number of carbonyl (C=O) groups is 1. The third-order valence-corrected chi connectivity index (χ3v) is 3.20. The molecule has 3 nitrogen and oxygen atoms in total. The average molecular weight is 254 g/mol. The molecule has 2 aromatic rings. The van der Waals surface area contributed by atoms with Crippen molar-refractivity contribution in [3.8, 4) is 0 Å². The minimum atomic E-state index is -0.173. The average Bonchev–Trinajstić information content (AvgIpc) is 2.36. The van der Waals surface area contributed by atoms with Crippen LogP contribution in [0.4, 0.5) is 11.4 Å². The van der Waals surface area contributed by atoms with Crippen molar-refractivity contribution in [2.75, 3.05) is 11.1 Å². The van der Waals surface area contributed by atoms with Crippen molar-refractivity contribution in [1.82, 2.24) is 0 Å². The van der Waals surface area contributed by atoms with E-state index in [1.54, 1.807) is 6.07 Å². The summed E-state index contributed by atoms with van der Waals surface area (Å²) in [6.07, 6.45) is 0. The molecule has 2 aromatic carbocycles. The molecule has 0 fully saturated rings. The molecular weight excluding hydrogens is 236 g/mol. The zero-order valence-corrected chi connectivity index (χ0v) is 11.4. The molecule has 0 spiro atoms. The lowest BCUT2D eigenvalue weighted by molar-refractivity contribution is 0.102. The highest BCUT2D eigenvalue weighted by Crippen LogP contribution is 2.20. The molecule has 0 saturated carbocycles. The summed E-state index contributed by atoms with van der Waals surface area (Å²) < 4.78 is 0. The number of nitrogens with two attached hydrogens (primary N) is 1. The number of carbonyl (C=O) groups excluding carboxylic acids is 1. The number of amides is 1. The maximum absolute atomic E-state index is 12.2. The second-order valence-corrected chi connectivity index (χ2v) is 4.81. The van der Waals surface area contributed by atoms with Gasteiger partial charge in [-0.25, -0.2) is 0 Å². The van der Waals surface area contributed by atoms with E-state index in [0.29, 0.717) is 11.3 Å². The van der Waals surface area contributed by atoms with Crippen molar-refractivity contribution in [3.05, 3.63) is 58.7 Å². The predicted molar refractivity (Wildman–Crippen MR) is 79.5 cm³/mol. The summed E-state index contributed by atoms with van der Waals surface area (Å²) in [4.78, 5) is 12.2. The lowest BCUT2D eigenvalue weighted by Gasteiger charge is -2.11. The minimum absolute atomic E-state index is 0.173. The molecule has 0 aliphatic rings. The van der Waals surface area contributed by atoms with E-state index in [-0.39, 0.29) is 5.91 Å². The monoisotopic (exact) mass is 254 g/mol. The van der Waals surface area contributed by atoms with E-state index in [2.05, 4.69) is 5.32 Å². The van der Waals surface area contributed by atoms with Crippen LogP contribution in [0.15, 0.2) is 36.4 Å². The number of rotatable bonds is 2. The number of hydrogen-bond acceptors (Lipinski definition) is 2. The number of nitrogen functional groups attached to an aromatic ring is 1. The molecule has 0 radical (unpaired) electrons. The zero-order chi connectivity index (χ0) is 14.0.